The number of allylic oxidation sites excluding steroid dienone is 2. The van der Waals surface area contributed by atoms with E-state index in [4.69, 9.17) is 0 Å². The predicted molar refractivity (Wildman–Crippen MR) is 68.5 cm³/mol. The van der Waals surface area contributed by atoms with Crippen LogP contribution in [0.3, 0.4) is 0 Å². The van der Waals surface area contributed by atoms with Crippen molar-refractivity contribution in [3.8, 4) is 0 Å². The molecule has 1 aliphatic carbocycles. The number of carbonyl (C=O) groups is 1. The second kappa shape index (κ2) is 4.15. The summed E-state index contributed by atoms with van der Waals surface area (Å²) in [5, 5.41) is 0. The number of ketones is 1. The molecule has 0 aromatic heterocycles. The van der Waals surface area contributed by atoms with Crippen molar-refractivity contribution >= 4 is 5.78 Å². The molecule has 2 heteroatoms. The number of nitrogens with zero attached hydrogens (tertiary/aromatic N) is 1. The zero-order chi connectivity index (χ0) is 12.0. The molecule has 1 saturated heterocycles. The Morgan fingerprint density at radius 1 is 1.29 bits per heavy atom. The third-order valence-electron chi connectivity index (χ3n) is 5.08. The standard InChI is InChI=1S/C15H23NO/c1-10-3-4-15-14(7-10)11(2)8-12-9-13(17)5-6-16(12)15/h9-11,14-15H,3-8H2,1-2H3. The highest BCUT2D eigenvalue weighted by Crippen LogP contribution is 2.45. The van der Waals surface area contributed by atoms with Crippen LogP contribution in [0.2, 0.25) is 0 Å². The molecular formula is C15H23NO. The van der Waals surface area contributed by atoms with Crippen molar-refractivity contribution < 1.29 is 4.79 Å². The molecular weight excluding hydrogens is 210 g/mol. The molecule has 2 nitrogen and oxygen atoms in total. The van der Waals surface area contributed by atoms with Crippen molar-refractivity contribution in [2.45, 2.75) is 52.0 Å². The first kappa shape index (κ1) is 11.3. The van der Waals surface area contributed by atoms with Crippen LogP contribution in [0.15, 0.2) is 11.8 Å². The normalized spacial score (nSPS) is 41.6. The zero-order valence-corrected chi connectivity index (χ0v) is 11.0. The summed E-state index contributed by atoms with van der Waals surface area (Å²) >= 11 is 0. The summed E-state index contributed by atoms with van der Waals surface area (Å²) in [6.45, 7) is 5.76. The van der Waals surface area contributed by atoms with Gasteiger partial charge in [0.05, 0.1) is 0 Å². The predicted octanol–water partition coefficient (Wildman–Crippen LogP) is 2.99. The van der Waals surface area contributed by atoms with Gasteiger partial charge in [0, 0.05) is 30.8 Å². The second-order valence-electron chi connectivity index (χ2n) is 6.38. The van der Waals surface area contributed by atoms with Crippen LogP contribution >= 0.6 is 0 Å². The van der Waals surface area contributed by atoms with E-state index >= 15 is 0 Å². The lowest BCUT2D eigenvalue weighted by atomic mass is 9.68. The van der Waals surface area contributed by atoms with E-state index in [2.05, 4.69) is 18.7 Å². The summed E-state index contributed by atoms with van der Waals surface area (Å²) < 4.78 is 0. The highest BCUT2D eigenvalue weighted by molar-refractivity contribution is 5.91. The number of piperidine rings is 1. The Morgan fingerprint density at radius 2 is 2.12 bits per heavy atom. The van der Waals surface area contributed by atoms with E-state index < -0.39 is 0 Å². The van der Waals surface area contributed by atoms with Gasteiger partial charge in [-0.15, -0.1) is 0 Å². The van der Waals surface area contributed by atoms with Gasteiger partial charge in [-0.2, -0.15) is 0 Å². The Labute approximate surface area is 104 Å². The Bertz CT molecular complexity index is 360. The molecule has 4 atom stereocenters. The van der Waals surface area contributed by atoms with Gasteiger partial charge in [-0.05, 0) is 43.4 Å². The lowest BCUT2D eigenvalue weighted by Crippen LogP contribution is -2.51. The minimum absolute atomic E-state index is 0.339. The largest absolute Gasteiger partial charge is 0.371 e. The lowest BCUT2D eigenvalue weighted by Gasteiger charge is -2.51. The Morgan fingerprint density at radius 3 is 2.94 bits per heavy atom. The van der Waals surface area contributed by atoms with Gasteiger partial charge in [0.2, 0.25) is 0 Å². The van der Waals surface area contributed by atoms with E-state index in [1.54, 1.807) is 0 Å². The molecule has 4 unspecified atom stereocenters. The van der Waals surface area contributed by atoms with Gasteiger partial charge in [-0.1, -0.05) is 13.8 Å². The molecule has 0 aromatic carbocycles. The first-order valence-electron chi connectivity index (χ1n) is 7.15. The Kier molecular flexibility index (Phi) is 2.76. The van der Waals surface area contributed by atoms with Crippen molar-refractivity contribution in [1.82, 2.24) is 4.90 Å². The summed E-state index contributed by atoms with van der Waals surface area (Å²) in [6, 6.07) is 0.731. The van der Waals surface area contributed by atoms with Crippen LogP contribution in [0.5, 0.6) is 0 Å². The Hall–Kier alpha value is -0.790. The SMILES string of the molecule is CC1CCC2C(C1)C(C)CC1=CC(=O)CCN12. The van der Waals surface area contributed by atoms with E-state index in [1.807, 2.05) is 6.08 Å². The number of hydrogen-bond acceptors (Lipinski definition) is 2. The van der Waals surface area contributed by atoms with E-state index in [1.165, 1.54) is 25.0 Å². The second-order valence-corrected chi connectivity index (χ2v) is 6.38. The van der Waals surface area contributed by atoms with Gasteiger partial charge in [0.15, 0.2) is 5.78 Å². The monoisotopic (exact) mass is 233 g/mol. The number of hydrogen-bond donors (Lipinski definition) is 0. The molecule has 94 valence electrons. The van der Waals surface area contributed by atoms with Crippen LogP contribution in [0, 0.1) is 17.8 Å². The highest BCUT2D eigenvalue weighted by atomic mass is 16.1. The molecule has 3 aliphatic rings. The molecule has 3 rings (SSSR count). The van der Waals surface area contributed by atoms with Gasteiger partial charge in [-0.25, -0.2) is 0 Å². The van der Waals surface area contributed by atoms with Gasteiger partial charge in [0.1, 0.15) is 0 Å². The van der Waals surface area contributed by atoms with E-state index in [-0.39, 0.29) is 0 Å². The molecule has 17 heavy (non-hydrogen) atoms. The smallest absolute Gasteiger partial charge is 0.159 e. The first-order chi connectivity index (χ1) is 8.15. The fourth-order valence-electron chi connectivity index (χ4n) is 4.16. The molecule has 0 bridgehead atoms. The van der Waals surface area contributed by atoms with Gasteiger partial charge in [0.25, 0.3) is 0 Å². The van der Waals surface area contributed by atoms with Gasteiger partial charge in [-0.3, -0.25) is 4.79 Å². The van der Waals surface area contributed by atoms with Crippen LogP contribution in [0.4, 0.5) is 0 Å². The van der Waals surface area contributed by atoms with Crippen LogP contribution in [-0.4, -0.2) is 23.3 Å². The van der Waals surface area contributed by atoms with E-state index in [0.29, 0.717) is 5.78 Å². The number of rotatable bonds is 0. The van der Waals surface area contributed by atoms with Crippen molar-refractivity contribution in [2.24, 2.45) is 17.8 Å². The lowest BCUT2D eigenvalue weighted by molar-refractivity contribution is -0.116. The van der Waals surface area contributed by atoms with Gasteiger partial charge < -0.3 is 4.90 Å². The van der Waals surface area contributed by atoms with Crippen molar-refractivity contribution in [3.63, 3.8) is 0 Å². The van der Waals surface area contributed by atoms with Crippen molar-refractivity contribution in [1.29, 1.82) is 0 Å². The highest BCUT2D eigenvalue weighted by Gasteiger charge is 2.41. The molecule has 2 fully saturated rings. The maximum absolute atomic E-state index is 11.5. The molecule has 2 aliphatic heterocycles. The molecule has 1 saturated carbocycles. The van der Waals surface area contributed by atoms with Crippen molar-refractivity contribution in [3.05, 3.63) is 11.8 Å². The molecule has 0 N–H and O–H groups in total. The van der Waals surface area contributed by atoms with Crippen LogP contribution in [0.25, 0.3) is 0 Å². The molecule has 2 heterocycles. The van der Waals surface area contributed by atoms with Crippen LogP contribution < -0.4 is 0 Å². The minimum Gasteiger partial charge on any atom is -0.371 e. The summed E-state index contributed by atoms with van der Waals surface area (Å²) in [5.74, 6) is 2.86. The number of carbonyl (C=O) groups excluding carboxylic acids is 1. The average Bonchev–Trinajstić information content (AvgIpc) is 2.29. The molecule has 0 spiro atoms. The average molecular weight is 233 g/mol. The summed E-state index contributed by atoms with van der Waals surface area (Å²) in [5.41, 5.74) is 1.34. The Balaban J connectivity index is 1.87. The summed E-state index contributed by atoms with van der Waals surface area (Å²) in [4.78, 5) is 14.1. The first-order valence-corrected chi connectivity index (χ1v) is 7.15. The maximum atomic E-state index is 11.5. The van der Waals surface area contributed by atoms with Crippen molar-refractivity contribution in [2.75, 3.05) is 6.54 Å². The third kappa shape index (κ3) is 1.92. The third-order valence-corrected chi connectivity index (χ3v) is 5.08. The fraction of sp³-hybridized carbons (Fsp3) is 0.800. The van der Waals surface area contributed by atoms with Crippen LogP contribution in [0.1, 0.15) is 46.0 Å². The molecule has 0 aromatic rings. The zero-order valence-electron chi connectivity index (χ0n) is 11.0. The minimum atomic E-state index is 0.339. The van der Waals surface area contributed by atoms with Crippen LogP contribution in [-0.2, 0) is 4.79 Å². The summed E-state index contributed by atoms with van der Waals surface area (Å²) in [7, 11) is 0. The van der Waals surface area contributed by atoms with E-state index in [0.717, 1.165) is 43.2 Å². The topological polar surface area (TPSA) is 20.3 Å². The van der Waals surface area contributed by atoms with E-state index in [9.17, 15) is 4.79 Å². The fourth-order valence-corrected chi connectivity index (χ4v) is 4.16. The maximum Gasteiger partial charge on any atom is 0.159 e. The van der Waals surface area contributed by atoms with Gasteiger partial charge >= 0.3 is 0 Å². The summed E-state index contributed by atoms with van der Waals surface area (Å²) in [6.07, 6.45) is 7.88. The molecule has 0 radical (unpaired) electrons. The number of fused-ring (bicyclic) bond motifs is 3. The quantitative estimate of drug-likeness (QED) is 0.641. The molecule has 0 amide bonds.